The number of ether oxygens (including phenoxy) is 2. The van der Waals surface area contributed by atoms with Gasteiger partial charge in [-0.2, -0.15) is 0 Å². The smallest absolute Gasteiger partial charge is 0.270 e. The van der Waals surface area contributed by atoms with Crippen molar-refractivity contribution in [2.24, 2.45) is 0 Å². The van der Waals surface area contributed by atoms with Crippen molar-refractivity contribution in [2.45, 2.75) is 13.8 Å². The van der Waals surface area contributed by atoms with Crippen LogP contribution in [0.4, 0.5) is 5.69 Å². The van der Waals surface area contributed by atoms with Gasteiger partial charge < -0.3 is 9.47 Å². The van der Waals surface area contributed by atoms with Gasteiger partial charge in [0.2, 0.25) is 6.79 Å². The number of halogens is 1. The largest absolute Gasteiger partial charge is 0.454 e. The number of thiocarbonyl (C=S) groups is 1. The molecular weight excluding hydrogens is 434 g/mol. The van der Waals surface area contributed by atoms with E-state index in [0.717, 1.165) is 26.9 Å². The molecule has 0 aliphatic carbocycles. The number of nitrogens with zero attached hydrogens (tertiary/aromatic N) is 1. The number of amides is 1. The molecule has 2 aromatic rings. The van der Waals surface area contributed by atoms with Crippen LogP contribution in [-0.4, -0.2) is 17.0 Å². The molecule has 0 bridgehead atoms. The van der Waals surface area contributed by atoms with E-state index in [9.17, 15) is 4.79 Å². The number of hydrogen-bond donors (Lipinski definition) is 0. The number of aryl methyl sites for hydroxylation is 2. The SMILES string of the molecule is Cc1ccc(N2C(=O)C(=Cc3cc4c(cc3Br)OCO4)SC2=S)c(C)c1. The van der Waals surface area contributed by atoms with Gasteiger partial charge >= 0.3 is 0 Å². The molecule has 132 valence electrons. The highest BCUT2D eigenvalue weighted by molar-refractivity contribution is 9.10. The zero-order valence-electron chi connectivity index (χ0n) is 14.0. The average Bonchev–Trinajstić information content (AvgIpc) is 3.13. The van der Waals surface area contributed by atoms with Crippen molar-refractivity contribution in [3.63, 3.8) is 0 Å². The summed E-state index contributed by atoms with van der Waals surface area (Å²) in [6.07, 6.45) is 1.83. The van der Waals surface area contributed by atoms with E-state index in [2.05, 4.69) is 15.9 Å². The minimum absolute atomic E-state index is 0.114. The fourth-order valence-electron chi connectivity index (χ4n) is 2.92. The lowest BCUT2D eigenvalue weighted by molar-refractivity contribution is -0.113. The number of fused-ring (bicyclic) bond motifs is 1. The second kappa shape index (κ2) is 6.72. The van der Waals surface area contributed by atoms with Crippen LogP contribution >= 0.6 is 39.9 Å². The minimum atomic E-state index is -0.114. The van der Waals surface area contributed by atoms with E-state index in [-0.39, 0.29) is 12.7 Å². The fourth-order valence-corrected chi connectivity index (χ4v) is 4.63. The molecule has 7 heteroatoms. The molecule has 1 saturated heterocycles. The van der Waals surface area contributed by atoms with Gasteiger partial charge in [-0.1, -0.05) is 57.6 Å². The van der Waals surface area contributed by atoms with E-state index < -0.39 is 0 Å². The van der Waals surface area contributed by atoms with Gasteiger partial charge in [0.25, 0.3) is 5.91 Å². The molecule has 1 fully saturated rings. The molecule has 0 atom stereocenters. The summed E-state index contributed by atoms with van der Waals surface area (Å²) in [5, 5.41) is 0. The van der Waals surface area contributed by atoms with Crippen LogP contribution in [0.1, 0.15) is 16.7 Å². The number of benzene rings is 2. The molecule has 2 heterocycles. The third-order valence-electron chi connectivity index (χ3n) is 4.17. The Bertz CT molecular complexity index is 987. The predicted octanol–water partition coefficient (Wildman–Crippen LogP) is 5.20. The van der Waals surface area contributed by atoms with Crippen molar-refractivity contribution in [2.75, 3.05) is 11.7 Å². The van der Waals surface area contributed by atoms with Crippen LogP contribution in [0.15, 0.2) is 39.7 Å². The molecule has 2 aromatic carbocycles. The van der Waals surface area contributed by atoms with E-state index in [1.165, 1.54) is 11.8 Å². The quantitative estimate of drug-likeness (QED) is 0.467. The second-order valence-electron chi connectivity index (χ2n) is 6.03. The topological polar surface area (TPSA) is 38.8 Å². The number of carbonyl (C=O) groups excluding carboxylic acids is 1. The summed E-state index contributed by atoms with van der Waals surface area (Å²) in [5.41, 5.74) is 3.84. The van der Waals surface area contributed by atoms with E-state index in [0.29, 0.717) is 20.7 Å². The molecule has 0 radical (unpaired) electrons. The first-order valence-corrected chi connectivity index (χ1v) is 9.90. The Kier molecular flexibility index (Phi) is 4.54. The molecule has 4 nitrogen and oxygen atoms in total. The molecule has 0 aromatic heterocycles. The summed E-state index contributed by atoms with van der Waals surface area (Å²) >= 11 is 10.3. The van der Waals surface area contributed by atoms with Gasteiger partial charge in [0.15, 0.2) is 15.8 Å². The maximum absolute atomic E-state index is 13.0. The number of hydrogen-bond acceptors (Lipinski definition) is 5. The third-order valence-corrected chi connectivity index (χ3v) is 6.15. The number of carbonyl (C=O) groups is 1. The first-order chi connectivity index (χ1) is 12.4. The highest BCUT2D eigenvalue weighted by Crippen LogP contribution is 2.41. The number of anilines is 1. The van der Waals surface area contributed by atoms with Crippen molar-refractivity contribution in [3.8, 4) is 11.5 Å². The van der Waals surface area contributed by atoms with E-state index in [4.69, 9.17) is 21.7 Å². The van der Waals surface area contributed by atoms with Gasteiger partial charge in [0.05, 0.1) is 10.6 Å². The third kappa shape index (κ3) is 3.04. The zero-order chi connectivity index (χ0) is 18.4. The summed E-state index contributed by atoms with van der Waals surface area (Å²) < 4.78 is 12.2. The van der Waals surface area contributed by atoms with Crippen molar-refractivity contribution in [1.29, 1.82) is 0 Å². The molecule has 0 N–H and O–H groups in total. The van der Waals surface area contributed by atoms with Gasteiger partial charge in [0, 0.05) is 4.47 Å². The van der Waals surface area contributed by atoms with Crippen LogP contribution in [0.2, 0.25) is 0 Å². The minimum Gasteiger partial charge on any atom is -0.454 e. The summed E-state index contributed by atoms with van der Waals surface area (Å²) in [7, 11) is 0. The summed E-state index contributed by atoms with van der Waals surface area (Å²) in [4.78, 5) is 15.2. The van der Waals surface area contributed by atoms with E-state index >= 15 is 0 Å². The van der Waals surface area contributed by atoms with Gasteiger partial charge in [-0.25, -0.2) is 0 Å². The highest BCUT2D eigenvalue weighted by Gasteiger charge is 2.34. The van der Waals surface area contributed by atoms with Crippen LogP contribution in [0.3, 0.4) is 0 Å². The van der Waals surface area contributed by atoms with Gasteiger partial charge in [0.1, 0.15) is 0 Å². The molecule has 0 unspecified atom stereocenters. The number of rotatable bonds is 2. The zero-order valence-corrected chi connectivity index (χ0v) is 17.3. The fraction of sp³-hybridized carbons (Fsp3) is 0.158. The maximum atomic E-state index is 13.0. The lowest BCUT2D eigenvalue weighted by Crippen LogP contribution is -2.28. The molecule has 4 rings (SSSR count). The van der Waals surface area contributed by atoms with E-state index in [1.807, 2.05) is 50.3 Å². The Hall–Kier alpha value is -1.83. The molecule has 2 aliphatic heterocycles. The maximum Gasteiger partial charge on any atom is 0.270 e. The lowest BCUT2D eigenvalue weighted by Gasteiger charge is -2.17. The summed E-state index contributed by atoms with van der Waals surface area (Å²) in [6.45, 7) is 4.22. The highest BCUT2D eigenvalue weighted by atomic mass is 79.9. The second-order valence-corrected chi connectivity index (χ2v) is 8.56. The van der Waals surface area contributed by atoms with Gasteiger partial charge in [-0.05, 0) is 49.2 Å². The van der Waals surface area contributed by atoms with Crippen LogP contribution in [0.5, 0.6) is 11.5 Å². The predicted molar refractivity (Wildman–Crippen MR) is 112 cm³/mol. The van der Waals surface area contributed by atoms with Crippen LogP contribution in [0.25, 0.3) is 6.08 Å². The first-order valence-electron chi connectivity index (χ1n) is 7.88. The Morgan fingerprint density at radius 2 is 1.92 bits per heavy atom. The van der Waals surface area contributed by atoms with Crippen LogP contribution < -0.4 is 14.4 Å². The normalized spacial score (nSPS) is 17.5. The van der Waals surface area contributed by atoms with Gasteiger partial charge in [-0.15, -0.1) is 0 Å². The Labute approximate surface area is 169 Å². The van der Waals surface area contributed by atoms with Crippen molar-refractivity contribution in [1.82, 2.24) is 0 Å². The number of thioether (sulfide) groups is 1. The van der Waals surface area contributed by atoms with E-state index in [1.54, 1.807) is 4.90 Å². The monoisotopic (exact) mass is 447 g/mol. The Balaban J connectivity index is 1.70. The molecule has 2 aliphatic rings. The lowest BCUT2D eigenvalue weighted by atomic mass is 10.1. The molecular formula is C19H14BrNO3S2. The van der Waals surface area contributed by atoms with Crippen molar-refractivity contribution >= 4 is 61.9 Å². The molecule has 1 amide bonds. The van der Waals surface area contributed by atoms with Crippen LogP contribution in [0, 0.1) is 13.8 Å². The van der Waals surface area contributed by atoms with Crippen LogP contribution in [-0.2, 0) is 4.79 Å². The van der Waals surface area contributed by atoms with Crippen molar-refractivity contribution < 1.29 is 14.3 Å². The Morgan fingerprint density at radius 3 is 2.65 bits per heavy atom. The molecule has 26 heavy (non-hydrogen) atoms. The Morgan fingerprint density at radius 1 is 1.19 bits per heavy atom. The molecule has 0 saturated carbocycles. The molecule has 0 spiro atoms. The summed E-state index contributed by atoms with van der Waals surface area (Å²) in [5.74, 6) is 1.25. The first kappa shape index (κ1) is 17.6. The van der Waals surface area contributed by atoms with Crippen molar-refractivity contribution in [3.05, 3.63) is 56.4 Å². The van der Waals surface area contributed by atoms with Gasteiger partial charge in [-0.3, -0.25) is 9.69 Å². The standard InChI is InChI=1S/C19H14BrNO3S2/c1-10-3-4-14(11(2)5-10)21-18(22)17(26-19(21)25)7-12-6-15-16(8-13(12)20)24-9-23-15/h3-8H,9H2,1-2H3. The average molecular weight is 448 g/mol. The summed E-state index contributed by atoms with van der Waals surface area (Å²) in [6, 6.07) is 9.68.